The molecule has 138 valence electrons. The Morgan fingerprint density at radius 2 is 2.31 bits per heavy atom. The van der Waals surface area contributed by atoms with Crippen LogP contribution in [0.15, 0.2) is 28.9 Å². The van der Waals surface area contributed by atoms with Gasteiger partial charge >= 0.3 is 0 Å². The topological polar surface area (TPSA) is 77.7 Å². The maximum atomic E-state index is 13.0. The molecule has 2 aliphatic heterocycles. The van der Waals surface area contributed by atoms with Gasteiger partial charge in [-0.1, -0.05) is 11.2 Å². The van der Waals surface area contributed by atoms with E-state index in [4.69, 9.17) is 14.0 Å². The van der Waals surface area contributed by atoms with Gasteiger partial charge in [-0.2, -0.15) is 0 Å². The van der Waals surface area contributed by atoms with E-state index in [1.54, 1.807) is 20.0 Å². The number of carbonyl (C=O) groups is 1. The highest BCUT2D eigenvalue weighted by molar-refractivity contribution is 5.96. The minimum absolute atomic E-state index is 0.0141. The lowest BCUT2D eigenvalue weighted by Gasteiger charge is -2.26. The Kier molecular flexibility index (Phi) is 4.50. The summed E-state index contributed by atoms with van der Waals surface area (Å²) >= 11 is 0. The monoisotopic (exact) mass is 357 g/mol. The van der Waals surface area contributed by atoms with Crippen LogP contribution in [-0.4, -0.2) is 53.9 Å². The predicted octanol–water partition coefficient (Wildman–Crippen LogP) is 1.99. The highest BCUT2D eigenvalue weighted by atomic mass is 16.5. The number of aryl methyl sites for hydroxylation is 2. The van der Waals surface area contributed by atoms with Crippen LogP contribution >= 0.6 is 0 Å². The second-order valence-corrected chi connectivity index (χ2v) is 7.27. The van der Waals surface area contributed by atoms with Gasteiger partial charge in [0.15, 0.2) is 0 Å². The minimum atomic E-state index is -0.149. The van der Waals surface area contributed by atoms with Crippen LogP contribution in [0, 0.1) is 25.2 Å². The third-order valence-electron chi connectivity index (χ3n) is 5.42. The van der Waals surface area contributed by atoms with Gasteiger partial charge < -0.3 is 18.9 Å². The highest BCUT2D eigenvalue weighted by Crippen LogP contribution is 2.42. The first-order valence-electron chi connectivity index (χ1n) is 8.87. The number of amides is 1. The van der Waals surface area contributed by atoms with Gasteiger partial charge in [0.1, 0.15) is 11.3 Å². The SMILES string of the molecule is Cc1noc(C)c1C(=O)N1C[C@@H]2COC[C@]2(COCc2ccccn2)C1. The normalized spacial score (nSPS) is 24.8. The maximum Gasteiger partial charge on any atom is 0.259 e. The predicted molar refractivity (Wildman–Crippen MR) is 92.5 cm³/mol. The van der Waals surface area contributed by atoms with Crippen molar-refractivity contribution in [2.75, 3.05) is 32.9 Å². The summed E-state index contributed by atoms with van der Waals surface area (Å²) in [5.74, 6) is 0.844. The third-order valence-corrected chi connectivity index (χ3v) is 5.42. The molecule has 0 bridgehead atoms. The number of pyridine rings is 1. The van der Waals surface area contributed by atoms with Crippen LogP contribution in [-0.2, 0) is 16.1 Å². The zero-order chi connectivity index (χ0) is 18.1. The Balaban J connectivity index is 1.44. The van der Waals surface area contributed by atoms with Crippen molar-refractivity contribution >= 4 is 5.91 Å². The quantitative estimate of drug-likeness (QED) is 0.814. The molecule has 26 heavy (non-hydrogen) atoms. The van der Waals surface area contributed by atoms with Gasteiger partial charge in [0.25, 0.3) is 5.91 Å². The zero-order valence-electron chi connectivity index (χ0n) is 15.1. The molecular formula is C19H23N3O4. The van der Waals surface area contributed by atoms with Crippen molar-refractivity contribution in [3.05, 3.63) is 47.1 Å². The maximum absolute atomic E-state index is 13.0. The molecule has 0 spiro atoms. The van der Waals surface area contributed by atoms with E-state index in [9.17, 15) is 4.79 Å². The fourth-order valence-corrected chi connectivity index (χ4v) is 3.98. The van der Waals surface area contributed by atoms with Crippen molar-refractivity contribution in [3.8, 4) is 0 Å². The second kappa shape index (κ2) is 6.81. The molecule has 7 heteroatoms. The second-order valence-electron chi connectivity index (χ2n) is 7.27. The van der Waals surface area contributed by atoms with Crippen molar-refractivity contribution in [3.63, 3.8) is 0 Å². The number of likely N-dealkylation sites (tertiary alicyclic amines) is 1. The summed E-state index contributed by atoms with van der Waals surface area (Å²) in [6, 6.07) is 5.78. The van der Waals surface area contributed by atoms with Crippen molar-refractivity contribution in [2.45, 2.75) is 20.5 Å². The minimum Gasteiger partial charge on any atom is -0.380 e. The highest BCUT2D eigenvalue weighted by Gasteiger charge is 2.52. The van der Waals surface area contributed by atoms with Crippen molar-refractivity contribution in [1.29, 1.82) is 0 Å². The van der Waals surface area contributed by atoms with Crippen LogP contribution < -0.4 is 0 Å². The molecule has 1 amide bonds. The lowest BCUT2D eigenvalue weighted by Crippen LogP contribution is -2.37. The fourth-order valence-electron chi connectivity index (χ4n) is 3.98. The van der Waals surface area contributed by atoms with E-state index in [2.05, 4.69) is 10.1 Å². The number of carbonyl (C=O) groups excluding carboxylic acids is 1. The van der Waals surface area contributed by atoms with E-state index in [1.165, 1.54) is 0 Å². The first-order valence-corrected chi connectivity index (χ1v) is 8.87. The van der Waals surface area contributed by atoms with Crippen LogP contribution in [0.25, 0.3) is 0 Å². The van der Waals surface area contributed by atoms with Gasteiger partial charge in [-0.15, -0.1) is 0 Å². The van der Waals surface area contributed by atoms with Crippen LogP contribution in [0.1, 0.15) is 27.5 Å². The van der Waals surface area contributed by atoms with E-state index in [-0.39, 0.29) is 17.2 Å². The van der Waals surface area contributed by atoms with Gasteiger partial charge in [-0.05, 0) is 26.0 Å². The van der Waals surface area contributed by atoms with E-state index in [0.717, 1.165) is 5.69 Å². The summed E-state index contributed by atoms with van der Waals surface area (Å²) in [6.07, 6.45) is 1.76. The largest absolute Gasteiger partial charge is 0.380 e. The molecular weight excluding hydrogens is 334 g/mol. The molecule has 0 saturated carbocycles. The first kappa shape index (κ1) is 17.2. The molecule has 2 fully saturated rings. The summed E-state index contributed by atoms with van der Waals surface area (Å²) in [7, 11) is 0. The Morgan fingerprint density at radius 3 is 3.04 bits per heavy atom. The van der Waals surface area contributed by atoms with E-state index in [0.29, 0.717) is 56.5 Å². The molecule has 2 atom stereocenters. The Labute approximate surface area is 152 Å². The molecule has 0 radical (unpaired) electrons. The van der Waals surface area contributed by atoms with Crippen LogP contribution in [0.4, 0.5) is 0 Å². The standard InChI is InChI=1S/C19H23N3O4/c1-13-17(14(2)26-21-13)18(23)22-7-15-8-24-11-19(15,10-22)12-25-9-16-5-3-4-6-20-16/h3-6,15H,7-12H2,1-2H3/t15-,19+/m1/s1. The summed E-state index contributed by atoms with van der Waals surface area (Å²) in [4.78, 5) is 19.1. The number of fused-ring (bicyclic) bond motifs is 1. The summed E-state index contributed by atoms with van der Waals surface area (Å²) in [5.41, 5.74) is 1.97. The number of hydrogen-bond acceptors (Lipinski definition) is 6. The number of rotatable bonds is 5. The van der Waals surface area contributed by atoms with Gasteiger partial charge in [0.05, 0.1) is 37.8 Å². The molecule has 2 aliphatic rings. The molecule has 0 aliphatic carbocycles. The lowest BCUT2D eigenvalue weighted by molar-refractivity contribution is 0.0175. The van der Waals surface area contributed by atoms with Crippen molar-refractivity contribution in [2.24, 2.45) is 11.3 Å². The summed E-state index contributed by atoms with van der Waals surface area (Å²) in [6.45, 7) is 7.18. The summed E-state index contributed by atoms with van der Waals surface area (Å²) in [5, 5.41) is 3.90. The molecule has 0 N–H and O–H groups in total. The molecule has 0 unspecified atom stereocenters. The molecule has 4 heterocycles. The Bertz CT molecular complexity index is 772. The first-order chi connectivity index (χ1) is 12.6. The Morgan fingerprint density at radius 1 is 1.42 bits per heavy atom. The zero-order valence-corrected chi connectivity index (χ0v) is 15.1. The average molecular weight is 357 g/mol. The fraction of sp³-hybridized carbons (Fsp3) is 0.526. The van der Waals surface area contributed by atoms with Crippen molar-refractivity contribution < 1.29 is 18.8 Å². The van der Waals surface area contributed by atoms with Crippen molar-refractivity contribution in [1.82, 2.24) is 15.0 Å². The van der Waals surface area contributed by atoms with Crippen LogP contribution in [0.2, 0.25) is 0 Å². The van der Waals surface area contributed by atoms with E-state index < -0.39 is 0 Å². The van der Waals surface area contributed by atoms with E-state index >= 15 is 0 Å². The molecule has 2 saturated heterocycles. The number of ether oxygens (including phenoxy) is 2. The van der Waals surface area contributed by atoms with Gasteiger partial charge in [0, 0.05) is 30.6 Å². The molecule has 7 nitrogen and oxygen atoms in total. The Hall–Kier alpha value is -2.25. The number of aromatic nitrogens is 2. The molecule has 2 aromatic heterocycles. The molecule has 4 rings (SSSR count). The molecule has 0 aromatic carbocycles. The van der Waals surface area contributed by atoms with Gasteiger partial charge in [-0.3, -0.25) is 9.78 Å². The number of nitrogens with zero attached hydrogens (tertiary/aromatic N) is 3. The van der Waals surface area contributed by atoms with Crippen LogP contribution in [0.3, 0.4) is 0 Å². The smallest absolute Gasteiger partial charge is 0.259 e. The summed E-state index contributed by atoms with van der Waals surface area (Å²) < 4.78 is 16.8. The average Bonchev–Trinajstić information content (AvgIpc) is 3.28. The van der Waals surface area contributed by atoms with Gasteiger partial charge in [0.2, 0.25) is 0 Å². The van der Waals surface area contributed by atoms with Crippen LogP contribution in [0.5, 0.6) is 0 Å². The van der Waals surface area contributed by atoms with E-state index in [1.807, 2.05) is 23.1 Å². The lowest BCUT2D eigenvalue weighted by atomic mass is 9.82. The molecule has 2 aromatic rings. The third kappa shape index (κ3) is 3.01. The number of hydrogen-bond donors (Lipinski definition) is 0. The van der Waals surface area contributed by atoms with Gasteiger partial charge in [-0.25, -0.2) is 0 Å².